The lowest BCUT2D eigenvalue weighted by Crippen LogP contribution is -2.18. The zero-order valence-electron chi connectivity index (χ0n) is 10.7. The standard InChI is InChI=1S/C15H23NO/c1-3-16-12-14(2)13-17-11-7-10-15-8-5-4-6-9-15/h4-6,8-9,16H,2-3,7,10-13H2,1H3. The first kappa shape index (κ1) is 13.9. The van der Waals surface area contributed by atoms with Crippen LogP contribution in [-0.4, -0.2) is 26.3 Å². The molecule has 0 aliphatic heterocycles. The summed E-state index contributed by atoms with van der Waals surface area (Å²) < 4.78 is 5.57. The Balaban J connectivity index is 1.99. The van der Waals surface area contributed by atoms with Gasteiger partial charge in [-0.25, -0.2) is 0 Å². The maximum Gasteiger partial charge on any atom is 0.0686 e. The molecule has 0 spiro atoms. The van der Waals surface area contributed by atoms with Crippen LogP contribution < -0.4 is 5.32 Å². The van der Waals surface area contributed by atoms with E-state index < -0.39 is 0 Å². The molecular weight excluding hydrogens is 210 g/mol. The lowest BCUT2D eigenvalue weighted by molar-refractivity contribution is 0.152. The zero-order valence-corrected chi connectivity index (χ0v) is 10.7. The number of hydrogen-bond donors (Lipinski definition) is 1. The molecule has 1 aromatic carbocycles. The van der Waals surface area contributed by atoms with Crippen molar-refractivity contribution in [3.8, 4) is 0 Å². The Hall–Kier alpha value is -1.12. The Morgan fingerprint density at radius 2 is 2.06 bits per heavy atom. The minimum absolute atomic E-state index is 0.668. The van der Waals surface area contributed by atoms with Gasteiger partial charge in [-0.15, -0.1) is 0 Å². The number of benzene rings is 1. The molecule has 0 radical (unpaired) electrons. The Labute approximate surface area is 105 Å². The molecule has 0 fully saturated rings. The van der Waals surface area contributed by atoms with Gasteiger partial charge >= 0.3 is 0 Å². The van der Waals surface area contributed by atoms with Gasteiger partial charge in [0.05, 0.1) is 6.61 Å². The van der Waals surface area contributed by atoms with Gasteiger partial charge in [0.15, 0.2) is 0 Å². The molecule has 2 heteroatoms. The van der Waals surface area contributed by atoms with Crippen molar-refractivity contribution in [3.05, 3.63) is 48.0 Å². The van der Waals surface area contributed by atoms with Crippen LogP contribution in [0.4, 0.5) is 0 Å². The second-order valence-corrected chi connectivity index (χ2v) is 4.17. The van der Waals surface area contributed by atoms with Gasteiger partial charge in [-0.1, -0.05) is 43.8 Å². The maximum absolute atomic E-state index is 5.57. The molecule has 0 amide bonds. The fourth-order valence-electron chi connectivity index (χ4n) is 1.59. The van der Waals surface area contributed by atoms with Crippen LogP contribution in [0.2, 0.25) is 0 Å². The molecule has 1 rings (SSSR count). The Morgan fingerprint density at radius 3 is 2.76 bits per heavy atom. The molecule has 17 heavy (non-hydrogen) atoms. The molecule has 2 nitrogen and oxygen atoms in total. The highest BCUT2D eigenvalue weighted by Gasteiger charge is 1.95. The summed E-state index contributed by atoms with van der Waals surface area (Å²) in [5.41, 5.74) is 2.49. The fraction of sp³-hybridized carbons (Fsp3) is 0.467. The highest BCUT2D eigenvalue weighted by atomic mass is 16.5. The fourth-order valence-corrected chi connectivity index (χ4v) is 1.59. The summed E-state index contributed by atoms with van der Waals surface area (Å²) in [4.78, 5) is 0. The van der Waals surface area contributed by atoms with E-state index in [9.17, 15) is 0 Å². The molecule has 0 aliphatic rings. The van der Waals surface area contributed by atoms with Crippen molar-refractivity contribution in [3.63, 3.8) is 0 Å². The zero-order chi connectivity index (χ0) is 12.3. The Morgan fingerprint density at radius 1 is 1.29 bits per heavy atom. The van der Waals surface area contributed by atoms with Crippen LogP contribution in [0.1, 0.15) is 18.9 Å². The molecule has 0 saturated heterocycles. The number of nitrogens with one attached hydrogen (secondary N) is 1. The molecule has 94 valence electrons. The minimum atomic E-state index is 0.668. The van der Waals surface area contributed by atoms with Crippen molar-refractivity contribution >= 4 is 0 Å². The normalized spacial score (nSPS) is 10.4. The molecule has 0 heterocycles. The van der Waals surface area contributed by atoms with Gasteiger partial charge in [0.25, 0.3) is 0 Å². The third kappa shape index (κ3) is 6.93. The first-order valence-electron chi connectivity index (χ1n) is 6.32. The van der Waals surface area contributed by atoms with E-state index >= 15 is 0 Å². The highest BCUT2D eigenvalue weighted by Crippen LogP contribution is 2.02. The van der Waals surface area contributed by atoms with Crippen molar-refractivity contribution in [1.82, 2.24) is 5.32 Å². The van der Waals surface area contributed by atoms with Gasteiger partial charge in [-0.2, -0.15) is 0 Å². The third-order valence-electron chi connectivity index (χ3n) is 2.53. The predicted molar refractivity (Wildman–Crippen MR) is 73.3 cm³/mol. The van der Waals surface area contributed by atoms with Crippen LogP contribution in [0.5, 0.6) is 0 Å². The number of hydrogen-bond acceptors (Lipinski definition) is 2. The number of likely N-dealkylation sites (N-methyl/N-ethyl adjacent to an activating group) is 1. The van der Waals surface area contributed by atoms with Crippen molar-refractivity contribution in [1.29, 1.82) is 0 Å². The summed E-state index contributed by atoms with van der Waals surface area (Å²) in [6, 6.07) is 10.5. The predicted octanol–water partition coefficient (Wildman–Crippen LogP) is 2.80. The van der Waals surface area contributed by atoms with Crippen LogP contribution >= 0.6 is 0 Å². The topological polar surface area (TPSA) is 21.3 Å². The van der Waals surface area contributed by atoms with Gasteiger partial charge in [-0.05, 0) is 30.5 Å². The van der Waals surface area contributed by atoms with Crippen LogP contribution in [-0.2, 0) is 11.2 Å². The van der Waals surface area contributed by atoms with E-state index in [1.165, 1.54) is 5.56 Å². The molecule has 0 bridgehead atoms. The number of aryl methyl sites for hydroxylation is 1. The van der Waals surface area contributed by atoms with Gasteiger partial charge < -0.3 is 10.1 Å². The van der Waals surface area contributed by atoms with Crippen LogP contribution in [0, 0.1) is 0 Å². The van der Waals surface area contributed by atoms with Crippen LogP contribution in [0.25, 0.3) is 0 Å². The SMILES string of the molecule is C=C(CNCC)COCCCc1ccccc1. The lowest BCUT2D eigenvalue weighted by Gasteiger charge is -2.07. The lowest BCUT2D eigenvalue weighted by atomic mass is 10.1. The molecular formula is C15H23NO. The monoisotopic (exact) mass is 233 g/mol. The minimum Gasteiger partial charge on any atom is -0.377 e. The summed E-state index contributed by atoms with van der Waals surface area (Å²) in [5, 5.41) is 3.24. The van der Waals surface area contributed by atoms with E-state index in [1.54, 1.807) is 0 Å². The summed E-state index contributed by atoms with van der Waals surface area (Å²) in [6.07, 6.45) is 2.15. The van der Waals surface area contributed by atoms with E-state index in [0.29, 0.717) is 6.61 Å². The molecule has 0 atom stereocenters. The van der Waals surface area contributed by atoms with E-state index in [0.717, 1.165) is 38.1 Å². The Kier molecular flexibility index (Phi) is 7.35. The number of ether oxygens (including phenoxy) is 1. The van der Waals surface area contributed by atoms with Crippen molar-refractivity contribution < 1.29 is 4.74 Å². The van der Waals surface area contributed by atoms with E-state index in [-0.39, 0.29) is 0 Å². The molecule has 0 saturated carbocycles. The van der Waals surface area contributed by atoms with Crippen LogP contribution in [0.15, 0.2) is 42.5 Å². The average molecular weight is 233 g/mol. The first-order chi connectivity index (χ1) is 8.33. The van der Waals surface area contributed by atoms with E-state index in [2.05, 4.69) is 43.1 Å². The second-order valence-electron chi connectivity index (χ2n) is 4.17. The molecule has 1 aromatic rings. The second kappa shape index (κ2) is 8.97. The average Bonchev–Trinajstić information content (AvgIpc) is 2.37. The van der Waals surface area contributed by atoms with Gasteiger partial charge in [0.2, 0.25) is 0 Å². The van der Waals surface area contributed by atoms with Crippen molar-refractivity contribution in [2.75, 3.05) is 26.3 Å². The van der Waals surface area contributed by atoms with Crippen LogP contribution in [0.3, 0.4) is 0 Å². The van der Waals surface area contributed by atoms with E-state index in [1.807, 2.05) is 6.07 Å². The number of rotatable bonds is 9. The van der Waals surface area contributed by atoms with Crippen molar-refractivity contribution in [2.24, 2.45) is 0 Å². The van der Waals surface area contributed by atoms with E-state index in [4.69, 9.17) is 4.74 Å². The molecule has 0 unspecified atom stereocenters. The van der Waals surface area contributed by atoms with Gasteiger partial charge in [0.1, 0.15) is 0 Å². The third-order valence-corrected chi connectivity index (χ3v) is 2.53. The van der Waals surface area contributed by atoms with Crippen molar-refractivity contribution in [2.45, 2.75) is 19.8 Å². The molecule has 0 aromatic heterocycles. The smallest absolute Gasteiger partial charge is 0.0686 e. The summed E-state index contributed by atoms with van der Waals surface area (Å²) in [7, 11) is 0. The molecule has 0 aliphatic carbocycles. The summed E-state index contributed by atoms with van der Waals surface area (Å²) in [6.45, 7) is 9.36. The van der Waals surface area contributed by atoms with Gasteiger partial charge in [0, 0.05) is 13.2 Å². The largest absolute Gasteiger partial charge is 0.377 e. The summed E-state index contributed by atoms with van der Waals surface area (Å²) in [5.74, 6) is 0. The van der Waals surface area contributed by atoms with Gasteiger partial charge in [-0.3, -0.25) is 0 Å². The quantitative estimate of drug-likeness (QED) is 0.523. The first-order valence-corrected chi connectivity index (χ1v) is 6.32. The Bertz CT molecular complexity index is 308. The summed E-state index contributed by atoms with van der Waals surface area (Å²) >= 11 is 0. The highest BCUT2D eigenvalue weighted by molar-refractivity contribution is 5.14. The maximum atomic E-state index is 5.57. The molecule has 1 N–H and O–H groups in total.